The normalized spacial score (nSPS) is 12.8. The molecule has 5 heteroatoms. The molecule has 1 N–H and O–H groups in total. The first kappa shape index (κ1) is 15.5. The number of methoxy groups -OCH3 is 1. The molecule has 0 aliphatic heterocycles. The van der Waals surface area contributed by atoms with Crippen LogP contribution in [0.15, 0.2) is 24.3 Å². The van der Waals surface area contributed by atoms with Crippen LogP contribution in [0.1, 0.15) is 26.6 Å². The summed E-state index contributed by atoms with van der Waals surface area (Å²) in [6, 6.07) is 7.82. The van der Waals surface area contributed by atoms with Gasteiger partial charge in [0.1, 0.15) is 11.9 Å². The second-order valence-corrected chi connectivity index (χ2v) is 5.38. The number of hydrogen-bond acceptors (Lipinski definition) is 4. The molecular weight excluding hydrogens is 266 g/mol. The van der Waals surface area contributed by atoms with Gasteiger partial charge in [-0.25, -0.2) is 4.98 Å². The predicted octanol–water partition coefficient (Wildman–Crippen LogP) is 2.14. The quantitative estimate of drug-likeness (QED) is 0.828. The van der Waals surface area contributed by atoms with Crippen molar-refractivity contribution in [1.82, 2.24) is 14.9 Å². The monoisotopic (exact) mass is 289 g/mol. The van der Waals surface area contributed by atoms with Crippen molar-refractivity contribution >= 4 is 17.0 Å². The summed E-state index contributed by atoms with van der Waals surface area (Å²) in [4.78, 5) is 16.6. The first-order chi connectivity index (χ1) is 10.1. The number of fused-ring (bicyclic) bond motifs is 1. The lowest BCUT2D eigenvalue weighted by molar-refractivity contribution is -0.143. The van der Waals surface area contributed by atoms with E-state index in [-0.39, 0.29) is 18.1 Å². The third kappa shape index (κ3) is 3.42. The Bertz CT molecular complexity index is 619. The number of rotatable bonds is 6. The Kier molecular flexibility index (Phi) is 4.96. The fourth-order valence-corrected chi connectivity index (χ4v) is 2.52. The van der Waals surface area contributed by atoms with Gasteiger partial charge in [-0.1, -0.05) is 32.9 Å². The number of carbonyl (C=O) groups is 1. The van der Waals surface area contributed by atoms with E-state index < -0.39 is 0 Å². The summed E-state index contributed by atoms with van der Waals surface area (Å²) in [6.07, 6.45) is 0.824. The number of hydrogen-bond donors (Lipinski definition) is 1. The van der Waals surface area contributed by atoms with Crippen molar-refractivity contribution in [3.05, 3.63) is 30.1 Å². The summed E-state index contributed by atoms with van der Waals surface area (Å²) in [5.74, 6) is 0.735. The van der Waals surface area contributed by atoms with Crippen LogP contribution in [0, 0.1) is 0 Å². The van der Waals surface area contributed by atoms with Gasteiger partial charge in [0.15, 0.2) is 0 Å². The number of imidazole rings is 1. The first-order valence-corrected chi connectivity index (χ1v) is 7.34. The molecule has 0 spiro atoms. The van der Waals surface area contributed by atoms with Gasteiger partial charge in [-0.15, -0.1) is 0 Å². The van der Waals surface area contributed by atoms with E-state index in [1.54, 1.807) is 0 Å². The Morgan fingerprint density at radius 1 is 1.38 bits per heavy atom. The third-order valence-corrected chi connectivity index (χ3v) is 3.44. The third-order valence-electron chi connectivity index (χ3n) is 3.44. The zero-order valence-corrected chi connectivity index (χ0v) is 13.1. The summed E-state index contributed by atoms with van der Waals surface area (Å²) in [7, 11) is 1.42. The van der Waals surface area contributed by atoms with E-state index in [0.29, 0.717) is 6.54 Å². The minimum absolute atomic E-state index is 0.203. The number of aromatic nitrogens is 2. The molecule has 1 unspecified atom stereocenters. The number of esters is 1. The Labute approximate surface area is 125 Å². The van der Waals surface area contributed by atoms with Crippen LogP contribution in [-0.4, -0.2) is 34.7 Å². The van der Waals surface area contributed by atoms with Gasteiger partial charge in [-0.2, -0.15) is 0 Å². The van der Waals surface area contributed by atoms with Crippen LogP contribution in [0.2, 0.25) is 0 Å². The smallest absolute Gasteiger partial charge is 0.324 e. The largest absolute Gasteiger partial charge is 0.468 e. The van der Waals surface area contributed by atoms with Gasteiger partial charge in [0, 0.05) is 12.5 Å². The topological polar surface area (TPSA) is 56.2 Å². The fraction of sp³-hybridized carbons (Fsp3) is 0.500. The molecule has 114 valence electrons. The molecule has 0 radical (unpaired) electrons. The van der Waals surface area contributed by atoms with Crippen LogP contribution in [0.3, 0.4) is 0 Å². The molecular formula is C16H23N3O2. The molecule has 1 aromatic heterocycles. The van der Waals surface area contributed by atoms with Crippen molar-refractivity contribution in [3.8, 4) is 0 Å². The lowest BCUT2D eigenvalue weighted by Crippen LogP contribution is -2.44. The predicted molar refractivity (Wildman–Crippen MR) is 83.2 cm³/mol. The van der Waals surface area contributed by atoms with Crippen LogP contribution >= 0.6 is 0 Å². The molecule has 0 saturated heterocycles. The van der Waals surface area contributed by atoms with Gasteiger partial charge in [0.05, 0.1) is 24.7 Å². The molecule has 2 aromatic rings. The van der Waals surface area contributed by atoms with E-state index >= 15 is 0 Å². The number of nitrogens with one attached hydrogen (secondary N) is 1. The second-order valence-electron chi connectivity index (χ2n) is 5.38. The van der Waals surface area contributed by atoms with E-state index in [2.05, 4.69) is 21.8 Å². The molecule has 0 fully saturated rings. The van der Waals surface area contributed by atoms with Crippen LogP contribution in [-0.2, 0) is 22.5 Å². The molecule has 0 amide bonds. The highest BCUT2D eigenvalue weighted by Crippen LogP contribution is 2.17. The Morgan fingerprint density at radius 3 is 2.71 bits per heavy atom. The van der Waals surface area contributed by atoms with E-state index in [9.17, 15) is 4.79 Å². The van der Waals surface area contributed by atoms with Gasteiger partial charge in [-0.3, -0.25) is 4.79 Å². The summed E-state index contributed by atoms with van der Waals surface area (Å²) in [6.45, 7) is 6.63. The Hall–Kier alpha value is -1.88. The number of para-hydroxylation sites is 2. The van der Waals surface area contributed by atoms with Crippen molar-refractivity contribution in [3.63, 3.8) is 0 Å². The minimum atomic E-state index is -0.377. The molecule has 1 aromatic carbocycles. The van der Waals surface area contributed by atoms with Gasteiger partial charge >= 0.3 is 5.97 Å². The van der Waals surface area contributed by atoms with Crippen LogP contribution in [0.25, 0.3) is 11.0 Å². The fourth-order valence-electron chi connectivity index (χ4n) is 2.52. The number of aryl methyl sites for hydroxylation is 1. The number of carbonyl (C=O) groups excluding carboxylic acids is 1. The lowest BCUT2D eigenvalue weighted by atomic mass is 10.2. The summed E-state index contributed by atoms with van der Waals surface area (Å²) in [5.41, 5.74) is 2.01. The summed E-state index contributed by atoms with van der Waals surface area (Å²) < 4.78 is 7.02. The summed E-state index contributed by atoms with van der Waals surface area (Å²) >= 11 is 0. The Balaban J connectivity index is 2.37. The van der Waals surface area contributed by atoms with Gasteiger partial charge in [-0.05, 0) is 12.1 Å². The molecule has 2 rings (SSSR count). The minimum Gasteiger partial charge on any atom is -0.468 e. The van der Waals surface area contributed by atoms with Gasteiger partial charge < -0.3 is 14.6 Å². The average Bonchev–Trinajstić information content (AvgIpc) is 2.83. The van der Waals surface area contributed by atoms with Crippen molar-refractivity contribution < 1.29 is 9.53 Å². The van der Waals surface area contributed by atoms with Crippen LogP contribution in [0.5, 0.6) is 0 Å². The van der Waals surface area contributed by atoms with Crippen molar-refractivity contribution in [2.75, 3.05) is 7.11 Å². The average molecular weight is 289 g/mol. The van der Waals surface area contributed by atoms with E-state index in [0.717, 1.165) is 23.3 Å². The van der Waals surface area contributed by atoms with E-state index in [1.807, 2.05) is 38.1 Å². The van der Waals surface area contributed by atoms with Crippen molar-refractivity contribution in [2.24, 2.45) is 0 Å². The second kappa shape index (κ2) is 6.72. The zero-order chi connectivity index (χ0) is 15.4. The van der Waals surface area contributed by atoms with Gasteiger partial charge in [0.25, 0.3) is 0 Å². The SMILES string of the molecule is CCc1nc2ccccc2n1CC(NC(C)C)C(=O)OC. The maximum absolute atomic E-state index is 12.0. The molecule has 0 aliphatic rings. The zero-order valence-electron chi connectivity index (χ0n) is 13.1. The first-order valence-electron chi connectivity index (χ1n) is 7.34. The molecule has 0 aliphatic carbocycles. The maximum atomic E-state index is 12.0. The van der Waals surface area contributed by atoms with Crippen LogP contribution < -0.4 is 5.32 Å². The van der Waals surface area contributed by atoms with Gasteiger partial charge in [0.2, 0.25) is 0 Å². The highest BCUT2D eigenvalue weighted by atomic mass is 16.5. The molecule has 1 atom stereocenters. The Morgan fingerprint density at radius 2 is 2.10 bits per heavy atom. The highest BCUT2D eigenvalue weighted by Gasteiger charge is 2.22. The number of nitrogens with zero attached hydrogens (tertiary/aromatic N) is 2. The molecule has 5 nitrogen and oxygen atoms in total. The van der Waals surface area contributed by atoms with E-state index in [1.165, 1.54) is 7.11 Å². The number of benzene rings is 1. The maximum Gasteiger partial charge on any atom is 0.324 e. The van der Waals surface area contributed by atoms with Crippen LogP contribution in [0.4, 0.5) is 0 Å². The standard InChI is InChI=1S/C16H23N3O2/c1-5-15-18-12-8-6-7-9-14(12)19(15)10-13(16(20)21-4)17-11(2)3/h6-9,11,13,17H,5,10H2,1-4H3. The molecule has 0 bridgehead atoms. The molecule has 0 saturated carbocycles. The molecule has 21 heavy (non-hydrogen) atoms. The van der Waals surface area contributed by atoms with Crippen molar-refractivity contribution in [1.29, 1.82) is 0 Å². The van der Waals surface area contributed by atoms with E-state index in [4.69, 9.17) is 4.74 Å². The lowest BCUT2D eigenvalue weighted by Gasteiger charge is -2.20. The number of ether oxygens (including phenoxy) is 1. The highest BCUT2D eigenvalue weighted by molar-refractivity contribution is 5.78. The molecule has 1 heterocycles. The van der Waals surface area contributed by atoms with Crippen molar-refractivity contribution in [2.45, 2.75) is 45.8 Å². The summed E-state index contributed by atoms with van der Waals surface area (Å²) in [5, 5.41) is 3.26.